The van der Waals surface area contributed by atoms with E-state index < -0.39 is 5.60 Å². The van der Waals surface area contributed by atoms with Gasteiger partial charge in [-0.15, -0.1) is 0 Å². The molecule has 132 valence electrons. The number of rotatable bonds is 5. The molecule has 1 aromatic rings. The van der Waals surface area contributed by atoms with Crippen LogP contribution < -0.4 is 14.8 Å². The lowest BCUT2D eigenvalue weighted by atomic mass is 10.0. The Morgan fingerprint density at radius 1 is 1.42 bits per heavy atom. The van der Waals surface area contributed by atoms with Gasteiger partial charge in [-0.2, -0.15) is 11.8 Å². The van der Waals surface area contributed by atoms with Gasteiger partial charge in [0.05, 0.1) is 12.1 Å². The molecule has 7 heteroatoms. The molecule has 0 spiro atoms. The average molecular weight is 351 g/mol. The molecule has 2 heterocycles. The fourth-order valence-corrected chi connectivity index (χ4v) is 4.09. The van der Waals surface area contributed by atoms with E-state index in [0.717, 1.165) is 47.5 Å². The smallest absolute Gasteiger partial charge is 0.231 e. The Morgan fingerprint density at radius 2 is 2.25 bits per heavy atom. The molecule has 2 aliphatic heterocycles. The van der Waals surface area contributed by atoms with Gasteiger partial charge >= 0.3 is 0 Å². The molecule has 0 aliphatic carbocycles. The van der Waals surface area contributed by atoms with Crippen LogP contribution in [0.25, 0.3) is 0 Å². The molecule has 2 N–H and O–H groups in total. The monoisotopic (exact) mass is 351 g/mol. The minimum atomic E-state index is -0.662. The summed E-state index contributed by atoms with van der Waals surface area (Å²) in [4.78, 5) is 6.71. The molecule has 1 atom stereocenters. The fraction of sp³-hybridized carbons (Fsp3) is 0.588. The predicted octanol–water partition coefficient (Wildman–Crippen LogP) is 1.68. The van der Waals surface area contributed by atoms with Gasteiger partial charge in [-0.3, -0.25) is 4.99 Å². The van der Waals surface area contributed by atoms with E-state index in [0.29, 0.717) is 13.1 Å². The number of aliphatic imine (C=N–C) groups is 1. The lowest BCUT2D eigenvalue weighted by molar-refractivity contribution is 0.0776. The SMILES string of the molecule is CCNC(=NCC1(O)CCSC1)N(C)Cc1ccc2c(c1)OCO2. The van der Waals surface area contributed by atoms with E-state index >= 15 is 0 Å². The Labute approximate surface area is 147 Å². The molecule has 0 radical (unpaired) electrons. The normalized spacial score (nSPS) is 22.7. The standard InChI is InChI=1S/C17H25N3O3S/c1-3-18-16(19-10-17(21)6-7-24-11-17)20(2)9-13-4-5-14-15(8-13)23-12-22-14/h4-5,8,21H,3,6-7,9-12H2,1-2H3,(H,18,19). The van der Waals surface area contributed by atoms with Crippen LogP contribution in [-0.4, -0.2) is 60.0 Å². The summed E-state index contributed by atoms with van der Waals surface area (Å²) < 4.78 is 10.8. The molecule has 2 aliphatic rings. The first-order chi connectivity index (χ1) is 11.6. The van der Waals surface area contributed by atoms with Crippen LogP contribution in [0, 0.1) is 0 Å². The van der Waals surface area contributed by atoms with Crippen LogP contribution >= 0.6 is 11.8 Å². The fourth-order valence-electron chi connectivity index (χ4n) is 2.80. The predicted molar refractivity (Wildman–Crippen MR) is 96.9 cm³/mol. The van der Waals surface area contributed by atoms with Gasteiger partial charge in [0.15, 0.2) is 17.5 Å². The van der Waals surface area contributed by atoms with E-state index in [2.05, 4.69) is 15.2 Å². The van der Waals surface area contributed by atoms with Gasteiger partial charge in [0.25, 0.3) is 0 Å². The number of benzene rings is 1. The topological polar surface area (TPSA) is 66.3 Å². The Hall–Kier alpha value is -1.60. The van der Waals surface area contributed by atoms with Crippen LogP contribution in [0.3, 0.4) is 0 Å². The average Bonchev–Trinajstić information content (AvgIpc) is 3.20. The van der Waals surface area contributed by atoms with Gasteiger partial charge in [-0.1, -0.05) is 6.07 Å². The first kappa shape index (κ1) is 17.2. The maximum Gasteiger partial charge on any atom is 0.231 e. The third-order valence-corrected chi connectivity index (χ3v) is 5.39. The van der Waals surface area contributed by atoms with Crippen LogP contribution in [0.1, 0.15) is 18.9 Å². The van der Waals surface area contributed by atoms with E-state index in [1.807, 2.05) is 32.2 Å². The number of hydrogen-bond donors (Lipinski definition) is 2. The number of guanidine groups is 1. The van der Waals surface area contributed by atoms with Crippen LogP contribution in [0.4, 0.5) is 0 Å². The summed E-state index contributed by atoms with van der Waals surface area (Å²) in [5, 5.41) is 13.8. The lowest BCUT2D eigenvalue weighted by Crippen LogP contribution is -2.41. The third-order valence-electron chi connectivity index (χ3n) is 4.16. The van der Waals surface area contributed by atoms with E-state index in [9.17, 15) is 5.11 Å². The summed E-state index contributed by atoms with van der Waals surface area (Å²) in [5.74, 6) is 4.17. The number of hydrogen-bond acceptors (Lipinski definition) is 5. The first-order valence-corrected chi connectivity index (χ1v) is 9.43. The molecule has 1 saturated heterocycles. The van der Waals surface area contributed by atoms with E-state index in [-0.39, 0.29) is 6.79 Å². The second kappa shape index (κ2) is 7.53. The van der Waals surface area contributed by atoms with Crippen molar-refractivity contribution in [2.75, 3.05) is 38.4 Å². The molecular formula is C17H25N3O3S. The van der Waals surface area contributed by atoms with E-state index in [1.165, 1.54) is 0 Å². The maximum absolute atomic E-state index is 10.5. The largest absolute Gasteiger partial charge is 0.454 e. The van der Waals surface area contributed by atoms with Crippen molar-refractivity contribution in [2.45, 2.75) is 25.5 Å². The van der Waals surface area contributed by atoms with Crippen molar-refractivity contribution < 1.29 is 14.6 Å². The van der Waals surface area contributed by atoms with Gasteiger partial charge in [0, 0.05) is 25.9 Å². The van der Waals surface area contributed by atoms with Crippen molar-refractivity contribution in [3.63, 3.8) is 0 Å². The molecular weight excluding hydrogens is 326 g/mol. The van der Waals surface area contributed by atoms with Crippen molar-refractivity contribution in [2.24, 2.45) is 4.99 Å². The highest BCUT2D eigenvalue weighted by Crippen LogP contribution is 2.32. The number of nitrogens with one attached hydrogen (secondary N) is 1. The molecule has 1 unspecified atom stereocenters. The van der Waals surface area contributed by atoms with Crippen LogP contribution in [-0.2, 0) is 6.54 Å². The summed E-state index contributed by atoms with van der Waals surface area (Å²) >= 11 is 1.79. The van der Waals surface area contributed by atoms with Crippen LogP contribution in [0.15, 0.2) is 23.2 Å². The van der Waals surface area contributed by atoms with Crippen LogP contribution in [0.5, 0.6) is 11.5 Å². The minimum absolute atomic E-state index is 0.287. The summed E-state index contributed by atoms with van der Waals surface area (Å²) in [6.07, 6.45) is 0.812. The molecule has 1 fully saturated rings. The molecule has 0 aromatic heterocycles. The Morgan fingerprint density at radius 3 is 3.00 bits per heavy atom. The molecule has 24 heavy (non-hydrogen) atoms. The van der Waals surface area contributed by atoms with Crippen molar-refractivity contribution >= 4 is 17.7 Å². The Kier molecular flexibility index (Phi) is 5.40. The zero-order valence-corrected chi connectivity index (χ0v) is 15.1. The number of thioether (sulfide) groups is 1. The Balaban J connectivity index is 1.66. The number of ether oxygens (including phenoxy) is 2. The molecule has 1 aromatic carbocycles. The van der Waals surface area contributed by atoms with E-state index in [1.54, 1.807) is 11.8 Å². The minimum Gasteiger partial charge on any atom is -0.454 e. The lowest BCUT2D eigenvalue weighted by Gasteiger charge is -2.24. The van der Waals surface area contributed by atoms with Gasteiger partial charge < -0.3 is 24.8 Å². The molecule has 0 bridgehead atoms. The molecule has 0 saturated carbocycles. The summed E-state index contributed by atoms with van der Waals surface area (Å²) in [6, 6.07) is 5.98. The highest BCUT2D eigenvalue weighted by atomic mass is 32.2. The zero-order chi connectivity index (χ0) is 17.0. The summed E-state index contributed by atoms with van der Waals surface area (Å²) in [5.41, 5.74) is 0.466. The number of nitrogens with zero attached hydrogens (tertiary/aromatic N) is 2. The first-order valence-electron chi connectivity index (χ1n) is 8.28. The van der Waals surface area contributed by atoms with Crippen molar-refractivity contribution in [3.8, 4) is 11.5 Å². The van der Waals surface area contributed by atoms with Gasteiger partial charge in [-0.25, -0.2) is 0 Å². The third kappa shape index (κ3) is 4.08. The highest BCUT2D eigenvalue weighted by Gasteiger charge is 2.31. The molecule has 3 rings (SSSR count). The number of aliphatic hydroxyl groups is 1. The van der Waals surface area contributed by atoms with E-state index in [4.69, 9.17) is 9.47 Å². The van der Waals surface area contributed by atoms with Gasteiger partial charge in [0.2, 0.25) is 6.79 Å². The summed E-state index contributed by atoms with van der Waals surface area (Å²) in [6.45, 7) is 4.26. The van der Waals surface area contributed by atoms with Crippen molar-refractivity contribution in [1.82, 2.24) is 10.2 Å². The number of fused-ring (bicyclic) bond motifs is 1. The zero-order valence-electron chi connectivity index (χ0n) is 14.2. The summed E-state index contributed by atoms with van der Waals surface area (Å²) in [7, 11) is 2.00. The van der Waals surface area contributed by atoms with Gasteiger partial charge in [0.1, 0.15) is 0 Å². The van der Waals surface area contributed by atoms with Crippen molar-refractivity contribution in [1.29, 1.82) is 0 Å². The Bertz CT molecular complexity index is 603. The van der Waals surface area contributed by atoms with Crippen LogP contribution in [0.2, 0.25) is 0 Å². The van der Waals surface area contributed by atoms with Crippen molar-refractivity contribution in [3.05, 3.63) is 23.8 Å². The second-order valence-electron chi connectivity index (χ2n) is 6.24. The second-order valence-corrected chi connectivity index (χ2v) is 7.35. The maximum atomic E-state index is 10.5. The molecule has 0 amide bonds. The quantitative estimate of drug-likeness (QED) is 0.622. The highest BCUT2D eigenvalue weighted by molar-refractivity contribution is 7.99. The molecule has 6 nitrogen and oxygen atoms in total. The van der Waals surface area contributed by atoms with Gasteiger partial charge in [-0.05, 0) is 36.8 Å².